The maximum absolute atomic E-state index is 9.55. The monoisotopic (exact) mass is 445 g/mol. The van der Waals surface area contributed by atoms with E-state index >= 15 is 0 Å². The first-order valence-electron chi connectivity index (χ1n) is 10.1. The molecule has 1 aliphatic carbocycles. The predicted molar refractivity (Wildman–Crippen MR) is 118 cm³/mol. The van der Waals surface area contributed by atoms with Crippen molar-refractivity contribution in [3.05, 3.63) is 53.1 Å². The third-order valence-electron chi connectivity index (χ3n) is 4.56. The molecule has 0 bridgehead atoms. The predicted octanol–water partition coefficient (Wildman–Crippen LogP) is 3.40. The van der Waals surface area contributed by atoms with Gasteiger partial charge in [0.05, 0.1) is 0 Å². The Balaban J connectivity index is 0.000000366. The molecule has 31 heavy (non-hydrogen) atoms. The van der Waals surface area contributed by atoms with Crippen molar-refractivity contribution in [1.29, 1.82) is 0 Å². The standard InChI is InChI=1S/C17H23N5S.C4H4O4/c18-17-22-21-16(23-17)10-6-2-5-9-15-19-12-11-14(20-15)13-7-3-1-4-8-13;5-3(6)1-2-4(7)8/h1,3,11-13H,2,4-10H2,(H2,18,22);1-2H,(H,5,6)(H,7,8). The summed E-state index contributed by atoms with van der Waals surface area (Å²) in [5, 5.41) is 25.1. The minimum atomic E-state index is -1.26. The Labute approximate surface area is 184 Å². The Bertz CT molecular complexity index is 897. The number of nitrogen functional groups attached to an aromatic ring is 1. The van der Waals surface area contributed by atoms with Crippen LogP contribution in [0.1, 0.15) is 61.0 Å². The van der Waals surface area contributed by atoms with E-state index < -0.39 is 11.9 Å². The van der Waals surface area contributed by atoms with Crippen LogP contribution < -0.4 is 5.73 Å². The van der Waals surface area contributed by atoms with E-state index in [0.29, 0.717) is 23.2 Å². The number of hydrogen-bond donors (Lipinski definition) is 3. The van der Waals surface area contributed by atoms with Crippen LogP contribution >= 0.6 is 11.3 Å². The number of nitrogens with zero attached hydrogens (tertiary/aromatic N) is 4. The average Bonchev–Trinajstić information content (AvgIpc) is 3.18. The van der Waals surface area contributed by atoms with E-state index in [9.17, 15) is 9.59 Å². The van der Waals surface area contributed by atoms with Crippen LogP contribution in [0.2, 0.25) is 0 Å². The van der Waals surface area contributed by atoms with Crippen LogP contribution in [0.3, 0.4) is 0 Å². The summed E-state index contributed by atoms with van der Waals surface area (Å²) in [7, 11) is 0. The van der Waals surface area contributed by atoms with Gasteiger partial charge in [0.2, 0.25) is 5.13 Å². The van der Waals surface area contributed by atoms with Gasteiger partial charge in [-0.2, -0.15) is 0 Å². The lowest BCUT2D eigenvalue weighted by Crippen LogP contribution is -2.06. The Hall–Kier alpha value is -3.14. The molecular weight excluding hydrogens is 418 g/mol. The van der Waals surface area contributed by atoms with Crippen LogP contribution in [-0.2, 0) is 22.4 Å². The Morgan fingerprint density at radius 1 is 1.10 bits per heavy atom. The maximum Gasteiger partial charge on any atom is 0.328 e. The van der Waals surface area contributed by atoms with Gasteiger partial charge in [0, 0.05) is 42.8 Å². The highest BCUT2D eigenvalue weighted by atomic mass is 32.1. The number of rotatable bonds is 9. The molecule has 1 aliphatic rings. The summed E-state index contributed by atoms with van der Waals surface area (Å²) in [4.78, 5) is 28.3. The SMILES string of the molecule is Nc1nnc(CCCCCc2nccc(C3CC=CCC3)n2)s1.O=C(O)C=CC(=O)O. The van der Waals surface area contributed by atoms with Gasteiger partial charge in [-0.15, -0.1) is 10.2 Å². The number of nitrogens with two attached hydrogens (primary N) is 1. The molecule has 0 fully saturated rings. The molecule has 9 nitrogen and oxygen atoms in total. The van der Waals surface area contributed by atoms with Crippen LogP contribution in [-0.4, -0.2) is 42.3 Å². The van der Waals surface area contributed by atoms with Gasteiger partial charge >= 0.3 is 11.9 Å². The Morgan fingerprint density at radius 3 is 2.45 bits per heavy atom. The number of anilines is 1. The molecule has 0 saturated heterocycles. The van der Waals surface area contributed by atoms with Crippen LogP contribution in [0, 0.1) is 0 Å². The van der Waals surface area contributed by atoms with Crippen molar-refractivity contribution in [2.45, 2.75) is 57.3 Å². The topological polar surface area (TPSA) is 152 Å². The third kappa shape index (κ3) is 9.94. The summed E-state index contributed by atoms with van der Waals surface area (Å²) in [6, 6.07) is 2.08. The summed E-state index contributed by atoms with van der Waals surface area (Å²) in [6.45, 7) is 0. The average molecular weight is 446 g/mol. The number of unbranched alkanes of at least 4 members (excludes halogenated alkanes) is 2. The highest BCUT2D eigenvalue weighted by molar-refractivity contribution is 7.15. The van der Waals surface area contributed by atoms with Crippen molar-refractivity contribution in [3.63, 3.8) is 0 Å². The fourth-order valence-electron chi connectivity index (χ4n) is 3.07. The highest BCUT2D eigenvalue weighted by Gasteiger charge is 2.14. The molecule has 0 spiro atoms. The number of carboxylic acid groups (broad SMARTS) is 2. The smallest absolute Gasteiger partial charge is 0.328 e. The summed E-state index contributed by atoms with van der Waals surface area (Å²) >= 11 is 1.49. The summed E-state index contributed by atoms with van der Waals surface area (Å²) < 4.78 is 0. The van der Waals surface area contributed by atoms with E-state index in [2.05, 4.69) is 33.4 Å². The van der Waals surface area contributed by atoms with Gasteiger partial charge < -0.3 is 15.9 Å². The van der Waals surface area contributed by atoms with Gasteiger partial charge in [0.25, 0.3) is 0 Å². The van der Waals surface area contributed by atoms with Crippen LogP contribution in [0.25, 0.3) is 0 Å². The number of aryl methyl sites for hydroxylation is 2. The molecule has 2 aromatic heterocycles. The van der Waals surface area contributed by atoms with Crippen molar-refractivity contribution in [2.75, 3.05) is 5.73 Å². The molecule has 166 valence electrons. The molecule has 1 unspecified atom stereocenters. The third-order valence-corrected chi connectivity index (χ3v) is 5.37. The summed E-state index contributed by atoms with van der Waals surface area (Å²) in [6.07, 6.45) is 16.4. The molecular formula is C21H27N5O4S. The van der Waals surface area contributed by atoms with Crippen LogP contribution in [0.5, 0.6) is 0 Å². The van der Waals surface area contributed by atoms with Crippen molar-refractivity contribution in [3.8, 4) is 0 Å². The minimum Gasteiger partial charge on any atom is -0.478 e. The Kier molecular flexibility index (Phi) is 10.3. The second-order valence-corrected chi connectivity index (χ2v) is 8.08. The molecule has 0 aromatic carbocycles. The van der Waals surface area contributed by atoms with Gasteiger partial charge in [-0.3, -0.25) is 0 Å². The van der Waals surface area contributed by atoms with E-state index in [4.69, 9.17) is 20.9 Å². The lowest BCUT2D eigenvalue weighted by Gasteiger charge is -2.17. The number of carboxylic acids is 2. The van der Waals surface area contributed by atoms with E-state index in [1.54, 1.807) is 0 Å². The first-order valence-corrected chi connectivity index (χ1v) is 10.9. The molecule has 0 amide bonds. The lowest BCUT2D eigenvalue weighted by molar-refractivity contribution is -0.134. The number of allylic oxidation sites excluding steroid dienone is 2. The van der Waals surface area contributed by atoms with Gasteiger partial charge in [-0.25, -0.2) is 19.6 Å². The largest absolute Gasteiger partial charge is 0.478 e. The molecule has 10 heteroatoms. The van der Waals surface area contributed by atoms with Crippen molar-refractivity contribution >= 4 is 28.4 Å². The first kappa shape index (κ1) is 24.1. The maximum atomic E-state index is 9.55. The van der Waals surface area contributed by atoms with E-state index in [1.807, 2.05) is 6.20 Å². The molecule has 2 aromatic rings. The van der Waals surface area contributed by atoms with Crippen molar-refractivity contribution in [1.82, 2.24) is 20.2 Å². The summed E-state index contributed by atoms with van der Waals surface area (Å²) in [5.41, 5.74) is 6.80. The number of carbonyl (C=O) groups is 2. The fourth-order valence-corrected chi connectivity index (χ4v) is 3.72. The molecule has 1 atom stereocenters. The molecule has 0 aliphatic heterocycles. The zero-order valence-corrected chi connectivity index (χ0v) is 18.0. The van der Waals surface area contributed by atoms with Crippen LogP contribution in [0.4, 0.5) is 5.13 Å². The molecule has 3 rings (SSSR count). The van der Waals surface area contributed by atoms with Gasteiger partial charge in [0.15, 0.2) is 0 Å². The summed E-state index contributed by atoms with van der Waals surface area (Å²) in [5.74, 6) is -0.957. The lowest BCUT2D eigenvalue weighted by atomic mass is 9.91. The van der Waals surface area contributed by atoms with Crippen molar-refractivity contribution < 1.29 is 19.8 Å². The first-order chi connectivity index (χ1) is 14.9. The number of aliphatic carboxylic acids is 2. The van der Waals surface area contributed by atoms with Crippen molar-refractivity contribution in [2.24, 2.45) is 0 Å². The van der Waals surface area contributed by atoms with E-state index in [-0.39, 0.29) is 0 Å². The molecule has 2 heterocycles. The van der Waals surface area contributed by atoms with Crippen LogP contribution in [0.15, 0.2) is 36.6 Å². The second kappa shape index (κ2) is 13.2. The zero-order valence-electron chi connectivity index (χ0n) is 17.2. The second-order valence-electron chi connectivity index (χ2n) is 6.98. The quantitative estimate of drug-likeness (QED) is 0.299. The number of aromatic nitrogens is 4. The Morgan fingerprint density at radius 2 is 1.84 bits per heavy atom. The van der Waals surface area contributed by atoms with Gasteiger partial charge in [0.1, 0.15) is 10.8 Å². The minimum absolute atomic E-state index is 0.558. The van der Waals surface area contributed by atoms with E-state index in [1.165, 1.54) is 29.9 Å². The molecule has 0 saturated carbocycles. The van der Waals surface area contributed by atoms with E-state index in [0.717, 1.165) is 49.4 Å². The van der Waals surface area contributed by atoms with Gasteiger partial charge in [-0.05, 0) is 38.2 Å². The molecule has 4 N–H and O–H groups in total. The zero-order chi connectivity index (χ0) is 22.5. The number of hydrogen-bond acceptors (Lipinski definition) is 8. The fraction of sp³-hybridized carbons (Fsp3) is 0.429. The highest BCUT2D eigenvalue weighted by Crippen LogP contribution is 2.27. The van der Waals surface area contributed by atoms with Gasteiger partial charge in [-0.1, -0.05) is 29.9 Å². The normalized spacial score (nSPS) is 15.4. The molecule has 0 radical (unpaired) electrons.